The van der Waals surface area contributed by atoms with Gasteiger partial charge in [-0.25, -0.2) is 0 Å². The predicted octanol–water partition coefficient (Wildman–Crippen LogP) is 0.748. The van der Waals surface area contributed by atoms with Crippen LogP contribution < -0.4 is 10.9 Å². The molecule has 0 amide bonds. The Morgan fingerprint density at radius 3 is 2.39 bits per heavy atom. The van der Waals surface area contributed by atoms with E-state index in [2.05, 4.69) is 29.1 Å². The van der Waals surface area contributed by atoms with Gasteiger partial charge < -0.3 is 10.9 Å². The number of benzene rings is 1. The van der Waals surface area contributed by atoms with Crippen LogP contribution in [0.25, 0.3) is 0 Å². The van der Waals surface area contributed by atoms with Crippen LogP contribution in [0.5, 0.6) is 0 Å². The summed E-state index contributed by atoms with van der Waals surface area (Å²) in [6.07, 6.45) is 3.78. The Morgan fingerprint density at radius 2 is 1.83 bits per heavy atom. The average molecular weight is 244 g/mol. The largest absolute Gasteiger partial charge is 0.359 e. The van der Waals surface area contributed by atoms with Crippen LogP contribution in [0.15, 0.2) is 34.3 Å². The summed E-state index contributed by atoms with van der Waals surface area (Å²) in [6.45, 7) is 5.68. The second kappa shape index (κ2) is 8.61. The lowest BCUT2D eigenvalue weighted by Gasteiger charge is -1.98. The van der Waals surface area contributed by atoms with Gasteiger partial charge in [0.1, 0.15) is 0 Å². The molecule has 0 unspecified atom stereocenters. The van der Waals surface area contributed by atoms with Crippen molar-refractivity contribution < 1.29 is 0 Å². The van der Waals surface area contributed by atoms with Crippen LogP contribution in [0.4, 0.5) is 0 Å². The number of hydrogen-bond donors (Lipinski definition) is 2. The molecule has 0 fully saturated rings. The highest BCUT2D eigenvalue weighted by atomic mass is 14.9. The van der Waals surface area contributed by atoms with E-state index < -0.39 is 0 Å². The van der Waals surface area contributed by atoms with Gasteiger partial charge in [0.2, 0.25) is 0 Å². The van der Waals surface area contributed by atoms with Crippen molar-refractivity contribution in [2.24, 2.45) is 15.6 Å². The molecule has 1 rings (SSSR count). The molecule has 5 heteroatoms. The Hall–Kier alpha value is -1.46. The van der Waals surface area contributed by atoms with Crippen molar-refractivity contribution in [1.29, 1.82) is 0 Å². The maximum absolute atomic E-state index is 5.31. The van der Waals surface area contributed by atoms with Crippen LogP contribution in [0, 0.1) is 0 Å². The van der Waals surface area contributed by atoms with Gasteiger partial charge in [0.15, 0.2) is 0 Å². The van der Waals surface area contributed by atoms with Gasteiger partial charge in [-0.05, 0) is 25.0 Å². The SMILES string of the molecule is CC(C)/N=C/c1ccc(/C=N/CCNBN)cc1. The summed E-state index contributed by atoms with van der Waals surface area (Å²) >= 11 is 0. The third kappa shape index (κ3) is 6.32. The molecule has 0 aliphatic heterocycles. The maximum atomic E-state index is 5.31. The zero-order chi connectivity index (χ0) is 13.2. The van der Waals surface area contributed by atoms with Crippen molar-refractivity contribution in [2.75, 3.05) is 13.1 Å². The molecule has 96 valence electrons. The molecule has 0 saturated heterocycles. The second-order valence-electron chi connectivity index (χ2n) is 4.28. The zero-order valence-electron chi connectivity index (χ0n) is 11.1. The Labute approximate surface area is 110 Å². The fourth-order valence-corrected chi connectivity index (χ4v) is 1.32. The number of nitrogens with one attached hydrogen (secondary N) is 1. The molecule has 18 heavy (non-hydrogen) atoms. The van der Waals surface area contributed by atoms with Crippen molar-refractivity contribution in [3.8, 4) is 0 Å². The molecule has 0 bridgehead atoms. The molecule has 0 heterocycles. The van der Waals surface area contributed by atoms with Gasteiger partial charge in [-0.15, -0.1) is 0 Å². The first-order chi connectivity index (χ1) is 8.72. The van der Waals surface area contributed by atoms with E-state index in [1.54, 1.807) is 0 Å². The summed E-state index contributed by atoms with van der Waals surface area (Å²) in [5.74, 6) is 0. The maximum Gasteiger partial charge on any atom is 0.283 e. The van der Waals surface area contributed by atoms with E-state index in [4.69, 9.17) is 5.64 Å². The van der Waals surface area contributed by atoms with Crippen LogP contribution in [0.2, 0.25) is 0 Å². The first-order valence-electron chi connectivity index (χ1n) is 6.26. The first kappa shape index (κ1) is 14.6. The van der Waals surface area contributed by atoms with E-state index in [1.807, 2.05) is 36.7 Å². The van der Waals surface area contributed by atoms with Crippen molar-refractivity contribution >= 4 is 20.0 Å². The van der Waals surface area contributed by atoms with Gasteiger partial charge >= 0.3 is 0 Å². The van der Waals surface area contributed by atoms with Gasteiger partial charge in [0, 0.05) is 25.0 Å². The smallest absolute Gasteiger partial charge is 0.283 e. The Bertz CT molecular complexity index is 384. The van der Waals surface area contributed by atoms with E-state index in [0.29, 0.717) is 13.6 Å². The molecule has 3 N–H and O–H groups in total. The molecule has 0 saturated carbocycles. The van der Waals surface area contributed by atoms with Crippen molar-refractivity contribution in [3.63, 3.8) is 0 Å². The van der Waals surface area contributed by atoms with Gasteiger partial charge in [0.25, 0.3) is 7.55 Å². The number of nitrogens with zero attached hydrogens (tertiary/aromatic N) is 2. The molecule has 0 atom stereocenters. The summed E-state index contributed by atoms with van der Waals surface area (Å²) in [5.41, 5.74) is 7.53. The standard InChI is InChI=1S/C13H21BN4/c1-11(2)17-10-13-5-3-12(4-6-13)9-16-7-8-18-14-15/h3-6,9-11,14,18H,7-8,15H2,1-2H3/b16-9+,17-10+. The fraction of sp³-hybridized carbons (Fsp3) is 0.385. The van der Waals surface area contributed by atoms with Crippen LogP contribution in [0.3, 0.4) is 0 Å². The quantitative estimate of drug-likeness (QED) is 0.422. The number of hydrogen-bond acceptors (Lipinski definition) is 4. The summed E-state index contributed by atoms with van der Waals surface area (Å²) in [5, 5.41) is 3.02. The molecule has 1 aromatic carbocycles. The molecular weight excluding hydrogens is 223 g/mol. The van der Waals surface area contributed by atoms with E-state index >= 15 is 0 Å². The minimum Gasteiger partial charge on any atom is -0.359 e. The third-order valence-corrected chi connectivity index (χ3v) is 2.26. The molecule has 0 radical (unpaired) electrons. The highest BCUT2D eigenvalue weighted by Crippen LogP contribution is 2.01. The molecule has 0 aromatic heterocycles. The zero-order valence-corrected chi connectivity index (χ0v) is 11.1. The summed E-state index contributed by atoms with van der Waals surface area (Å²) in [4.78, 5) is 8.65. The van der Waals surface area contributed by atoms with Gasteiger partial charge in [-0.2, -0.15) is 0 Å². The summed E-state index contributed by atoms with van der Waals surface area (Å²) in [7, 11) is 0.499. The molecule has 0 aliphatic carbocycles. The lowest BCUT2D eigenvalue weighted by molar-refractivity contribution is 0.841. The van der Waals surface area contributed by atoms with E-state index in [9.17, 15) is 0 Å². The molecule has 4 nitrogen and oxygen atoms in total. The summed E-state index contributed by atoms with van der Waals surface area (Å²) in [6, 6.07) is 8.51. The fourth-order valence-electron chi connectivity index (χ4n) is 1.32. The normalized spacial score (nSPS) is 11.8. The molecule has 0 aliphatic rings. The van der Waals surface area contributed by atoms with Crippen LogP contribution in [0.1, 0.15) is 25.0 Å². The minimum absolute atomic E-state index is 0.335. The van der Waals surface area contributed by atoms with E-state index in [-0.39, 0.29) is 0 Å². The lowest BCUT2D eigenvalue weighted by atomic mass is 10.1. The average Bonchev–Trinajstić information content (AvgIpc) is 2.37. The van der Waals surface area contributed by atoms with Crippen molar-refractivity contribution in [1.82, 2.24) is 5.23 Å². The molecular formula is C13H21BN4. The van der Waals surface area contributed by atoms with Crippen LogP contribution in [-0.4, -0.2) is 39.1 Å². The highest BCUT2D eigenvalue weighted by Gasteiger charge is 1.91. The lowest BCUT2D eigenvalue weighted by Crippen LogP contribution is -2.29. The van der Waals surface area contributed by atoms with Gasteiger partial charge in [-0.3, -0.25) is 9.98 Å². The Balaban J connectivity index is 2.45. The van der Waals surface area contributed by atoms with Crippen LogP contribution >= 0.6 is 0 Å². The van der Waals surface area contributed by atoms with Crippen LogP contribution in [-0.2, 0) is 0 Å². The van der Waals surface area contributed by atoms with Crippen molar-refractivity contribution in [2.45, 2.75) is 19.9 Å². The summed E-state index contributed by atoms with van der Waals surface area (Å²) < 4.78 is 0. The second-order valence-corrected chi connectivity index (χ2v) is 4.28. The number of rotatable bonds is 7. The van der Waals surface area contributed by atoms with Gasteiger partial charge in [0.05, 0.1) is 6.54 Å². The van der Waals surface area contributed by atoms with E-state index in [0.717, 1.165) is 24.2 Å². The monoisotopic (exact) mass is 244 g/mol. The molecule has 0 spiro atoms. The number of aliphatic imine (C=N–C) groups is 2. The van der Waals surface area contributed by atoms with Gasteiger partial charge in [-0.1, -0.05) is 24.3 Å². The van der Waals surface area contributed by atoms with E-state index in [1.165, 1.54) is 0 Å². The predicted molar refractivity (Wildman–Crippen MR) is 81.0 cm³/mol. The molecule has 1 aromatic rings. The third-order valence-electron chi connectivity index (χ3n) is 2.26. The number of nitrogens with two attached hydrogens (primary N) is 1. The Morgan fingerprint density at radius 1 is 1.22 bits per heavy atom. The van der Waals surface area contributed by atoms with Crippen molar-refractivity contribution in [3.05, 3.63) is 35.4 Å². The highest BCUT2D eigenvalue weighted by molar-refractivity contribution is 6.27. The Kier molecular flexibility index (Phi) is 6.99. The topological polar surface area (TPSA) is 62.8 Å². The minimum atomic E-state index is 0.335. The first-order valence-corrected chi connectivity index (χ1v) is 6.26.